The average molecular weight is 476 g/mol. The molecular weight excluding hydrogens is 450 g/mol. The van der Waals surface area contributed by atoms with Crippen molar-refractivity contribution in [2.24, 2.45) is 0 Å². The largest absolute Gasteiger partial charge is 0.336 e. The van der Waals surface area contributed by atoms with Crippen LogP contribution in [-0.2, 0) is 4.79 Å². The lowest BCUT2D eigenvalue weighted by molar-refractivity contribution is -0.117. The number of hydrogen-bond donors (Lipinski definition) is 1. The summed E-state index contributed by atoms with van der Waals surface area (Å²) < 4.78 is 1.91. The van der Waals surface area contributed by atoms with Crippen molar-refractivity contribution >= 4 is 29.2 Å². The zero-order chi connectivity index (χ0) is 24.2. The fourth-order valence-corrected chi connectivity index (χ4v) is 4.35. The number of para-hydroxylation sites is 1. The van der Waals surface area contributed by atoms with Gasteiger partial charge in [0.1, 0.15) is 11.9 Å². The molecule has 0 radical (unpaired) electrons. The Bertz CT molecular complexity index is 1240. The van der Waals surface area contributed by atoms with Crippen LogP contribution in [0.1, 0.15) is 27.2 Å². The SMILES string of the molecule is Cc1c(C#N)c(NC(=O)CN2CCN(C(=O)c3ccc(Cl)cc3)CC2)n(-c2ccccc2)c1C. The summed E-state index contributed by atoms with van der Waals surface area (Å²) in [5.41, 5.74) is 3.71. The second kappa shape index (κ2) is 10.1. The summed E-state index contributed by atoms with van der Waals surface area (Å²) in [6, 6.07) is 18.8. The molecule has 174 valence electrons. The molecule has 1 aliphatic rings. The lowest BCUT2D eigenvalue weighted by Crippen LogP contribution is -2.50. The third-order valence-electron chi connectivity index (χ3n) is 6.22. The molecule has 1 N–H and O–H groups in total. The number of rotatable bonds is 5. The minimum absolute atomic E-state index is 0.0360. The molecule has 1 fully saturated rings. The van der Waals surface area contributed by atoms with Gasteiger partial charge in [-0.2, -0.15) is 5.26 Å². The second-order valence-electron chi connectivity index (χ2n) is 8.34. The standard InChI is InChI=1S/C26H26ClN5O2/c1-18-19(2)32(22-6-4-3-5-7-22)25(23(18)16-28)29-24(33)17-30-12-14-31(15-13-30)26(34)20-8-10-21(27)11-9-20/h3-11H,12-15,17H2,1-2H3,(H,29,33). The van der Waals surface area contributed by atoms with E-state index in [0.717, 1.165) is 16.9 Å². The molecule has 7 nitrogen and oxygen atoms in total. The fraction of sp³-hybridized carbons (Fsp3) is 0.269. The van der Waals surface area contributed by atoms with Gasteiger partial charge in [0.25, 0.3) is 5.91 Å². The number of amides is 2. The number of halogens is 1. The van der Waals surface area contributed by atoms with Crippen molar-refractivity contribution < 1.29 is 9.59 Å². The lowest BCUT2D eigenvalue weighted by atomic mass is 10.2. The summed E-state index contributed by atoms with van der Waals surface area (Å²) in [7, 11) is 0. The van der Waals surface area contributed by atoms with Crippen molar-refractivity contribution in [3.8, 4) is 11.8 Å². The Balaban J connectivity index is 1.41. The second-order valence-corrected chi connectivity index (χ2v) is 8.78. The van der Waals surface area contributed by atoms with Crippen molar-refractivity contribution in [2.45, 2.75) is 13.8 Å². The lowest BCUT2D eigenvalue weighted by Gasteiger charge is -2.34. The molecule has 0 saturated carbocycles. The summed E-state index contributed by atoms with van der Waals surface area (Å²) in [6.45, 7) is 6.28. The molecule has 1 saturated heterocycles. The topological polar surface area (TPSA) is 81.4 Å². The predicted molar refractivity (Wildman–Crippen MR) is 132 cm³/mol. The van der Waals surface area contributed by atoms with E-state index in [2.05, 4.69) is 11.4 Å². The number of nitriles is 1. The molecule has 4 rings (SSSR count). The summed E-state index contributed by atoms with van der Waals surface area (Å²) in [5, 5.41) is 13.3. The molecule has 3 aromatic rings. The molecule has 34 heavy (non-hydrogen) atoms. The highest BCUT2D eigenvalue weighted by atomic mass is 35.5. The molecule has 2 amide bonds. The maximum atomic E-state index is 13.0. The zero-order valence-electron chi connectivity index (χ0n) is 19.2. The Hall–Kier alpha value is -3.60. The van der Waals surface area contributed by atoms with Crippen molar-refractivity contribution in [1.29, 1.82) is 5.26 Å². The predicted octanol–water partition coefficient (Wildman–Crippen LogP) is 4.02. The Labute approximate surface area is 204 Å². The van der Waals surface area contributed by atoms with Gasteiger partial charge in [-0.3, -0.25) is 19.1 Å². The van der Waals surface area contributed by atoms with Crippen LogP contribution in [0, 0.1) is 25.2 Å². The molecule has 1 aromatic heterocycles. The van der Waals surface area contributed by atoms with Gasteiger partial charge in [-0.25, -0.2) is 0 Å². The van der Waals surface area contributed by atoms with Crippen LogP contribution < -0.4 is 5.32 Å². The van der Waals surface area contributed by atoms with Crippen molar-refractivity contribution in [1.82, 2.24) is 14.4 Å². The van der Waals surface area contributed by atoms with Gasteiger partial charge >= 0.3 is 0 Å². The van der Waals surface area contributed by atoms with E-state index in [0.29, 0.717) is 48.1 Å². The number of nitrogens with zero attached hydrogens (tertiary/aromatic N) is 4. The van der Waals surface area contributed by atoms with E-state index < -0.39 is 0 Å². The molecular formula is C26H26ClN5O2. The highest BCUT2D eigenvalue weighted by molar-refractivity contribution is 6.30. The van der Waals surface area contributed by atoms with E-state index in [-0.39, 0.29) is 18.4 Å². The van der Waals surface area contributed by atoms with Crippen LogP contribution in [0.25, 0.3) is 5.69 Å². The maximum Gasteiger partial charge on any atom is 0.253 e. The molecule has 0 atom stereocenters. The molecule has 2 heterocycles. The molecule has 0 aliphatic carbocycles. The minimum Gasteiger partial charge on any atom is -0.336 e. The molecule has 0 spiro atoms. The smallest absolute Gasteiger partial charge is 0.253 e. The first-order valence-corrected chi connectivity index (χ1v) is 11.5. The van der Waals surface area contributed by atoms with Crippen LogP contribution >= 0.6 is 11.6 Å². The van der Waals surface area contributed by atoms with Crippen LogP contribution in [0.4, 0.5) is 5.82 Å². The number of anilines is 1. The number of benzene rings is 2. The summed E-state index contributed by atoms with van der Waals surface area (Å²) in [4.78, 5) is 29.5. The highest BCUT2D eigenvalue weighted by Gasteiger charge is 2.25. The Morgan fingerprint density at radius 1 is 1.00 bits per heavy atom. The van der Waals surface area contributed by atoms with Crippen LogP contribution in [0.3, 0.4) is 0 Å². The quantitative estimate of drug-likeness (QED) is 0.604. The van der Waals surface area contributed by atoms with Crippen LogP contribution in [0.15, 0.2) is 54.6 Å². The van der Waals surface area contributed by atoms with Crippen molar-refractivity contribution in [3.05, 3.63) is 82.0 Å². The zero-order valence-corrected chi connectivity index (χ0v) is 20.0. The Kier molecular flexibility index (Phi) is 7.01. The van der Waals surface area contributed by atoms with Crippen LogP contribution in [-0.4, -0.2) is 58.9 Å². The van der Waals surface area contributed by atoms with Gasteiger partial charge in [0.2, 0.25) is 5.91 Å². The van der Waals surface area contributed by atoms with E-state index in [1.54, 1.807) is 29.2 Å². The minimum atomic E-state index is -0.191. The first-order chi connectivity index (χ1) is 16.4. The summed E-state index contributed by atoms with van der Waals surface area (Å²) in [5.74, 6) is 0.264. The van der Waals surface area contributed by atoms with Crippen LogP contribution in [0.2, 0.25) is 5.02 Å². The number of aromatic nitrogens is 1. The molecule has 0 unspecified atom stereocenters. The monoisotopic (exact) mass is 475 g/mol. The van der Waals surface area contributed by atoms with E-state index in [4.69, 9.17) is 11.6 Å². The third kappa shape index (κ3) is 4.84. The van der Waals surface area contributed by atoms with Gasteiger partial charge in [-0.15, -0.1) is 0 Å². The fourth-order valence-electron chi connectivity index (χ4n) is 4.22. The normalized spacial score (nSPS) is 14.0. The van der Waals surface area contributed by atoms with E-state index in [9.17, 15) is 14.9 Å². The number of piperazine rings is 1. The third-order valence-corrected chi connectivity index (χ3v) is 6.47. The van der Waals surface area contributed by atoms with E-state index in [1.165, 1.54) is 0 Å². The molecule has 0 bridgehead atoms. The summed E-state index contributed by atoms with van der Waals surface area (Å²) >= 11 is 5.91. The first-order valence-electron chi connectivity index (χ1n) is 11.1. The average Bonchev–Trinajstić information content (AvgIpc) is 3.08. The van der Waals surface area contributed by atoms with Gasteiger partial charge in [0.05, 0.1) is 12.1 Å². The van der Waals surface area contributed by atoms with Crippen molar-refractivity contribution in [3.63, 3.8) is 0 Å². The molecule has 2 aromatic carbocycles. The highest BCUT2D eigenvalue weighted by Crippen LogP contribution is 2.30. The summed E-state index contributed by atoms with van der Waals surface area (Å²) in [6.07, 6.45) is 0. The number of hydrogen-bond acceptors (Lipinski definition) is 4. The van der Waals surface area contributed by atoms with Gasteiger partial charge < -0.3 is 10.2 Å². The Morgan fingerprint density at radius 2 is 1.65 bits per heavy atom. The Morgan fingerprint density at radius 3 is 2.26 bits per heavy atom. The van der Waals surface area contributed by atoms with Gasteiger partial charge in [-0.05, 0) is 55.8 Å². The van der Waals surface area contributed by atoms with E-state index >= 15 is 0 Å². The molecule has 8 heteroatoms. The maximum absolute atomic E-state index is 13.0. The number of nitrogens with one attached hydrogen (secondary N) is 1. The van der Waals surface area contributed by atoms with E-state index in [1.807, 2.05) is 53.6 Å². The number of carbonyl (C=O) groups is 2. The van der Waals surface area contributed by atoms with Gasteiger partial charge in [-0.1, -0.05) is 29.8 Å². The molecule has 1 aliphatic heterocycles. The van der Waals surface area contributed by atoms with Gasteiger partial charge in [0, 0.05) is 48.1 Å². The van der Waals surface area contributed by atoms with Crippen LogP contribution in [0.5, 0.6) is 0 Å². The van der Waals surface area contributed by atoms with Crippen molar-refractivity contribution in [2.75, 3.05) is 38.0 Å². The number of carbonyl (C=O) groups excluding carboxylic acids is 2. The first kappa shape index (κ1) is 23.6. The van der Waals surface area contributed by atoms with Gasteiger partial charge in [0.15, 0.2) is 0 Å².